The first-order valence-corrected chi connectivity index (χ1v) is 13.6. The maximum atomic E-state index is 10.0. The van der Waals surface area contributed by atoms with Crippen LogP contribution >= 0.6 is 0 Å². The molecule has 2 fully saturated rings. The van der Waals surface area contributed by atoms with Crippen LogP contribution in [0.15, 0.2) is 30.5 Å². The first kappa shape index (κ1) is 29.2. The fraction of sp³-hybridized carbons (Fsp3) is 0.500. The van der Waals surface area contributed by atoms with Crippen LogP contribution in [-0.4, -0.2) is 59.5 Å². The zero-order valence-corrected chi connectivity index (χ0v) is 23.5. The molecule has 0 spiro atoms. The van der Waals surface area contributed by atoms with Gasteiger partial charge < -0.3 is 26.0 Å². The Kier molecular flexibility index (Phi) is 10.3. The van der Waals surface area contributed by atoms with Gasteiger partial charge in [-0.3, -0.25) is 0 Å². The van der Waals surface area contributed by atoms with Crippen molar-refractivity contribution >= 4 is 23.8 Å². The molecule has 3 heterocycles. The van der Waals surface area contributed by atoms with Crippen LogP contribution in [0.1, 0.15) is 62.8 Å². The van der Waals surface area contributed by atoms with Crippen molar-refractivity contribution in [2.75, 3.05) is 43.5 Å². The number of aromatic nitrogens is 2. The SMILES string of the molecule is C=C(/C=c1/c(N[C@H](C)c2cccc(C#N)c2C)nnc(N2CCCC2)/c1=C/C)N1CCC(C)[C@@H]1CO.CN. The second kappa shape index (κ2) is 13.4. The van der Waals surface area contributed by atoms with Gasteiger partial charge in [0.15, 0.2) is 11.6 Å². The fourth-order valence-electron chi connectivity index (χ4n) is 5.57. The number of aliphatic hydroxyl groups excluding tert-OH is 1. The summed E-state index contributed by atoms with van der Waals surface area (Å²) in [6.45, 7) is 15.7. The molecule has 3 atom stereocenters. The lowest BCUT2D eigenvalue weighted by atomic mass is 9.98. The fourth-order valence-corrected chi connectivity index (χ4v) is 5.57. The summed E-state index contributed by atoms with van der Waals surface area (Å²) in [6, 6.07) is 8.09. The molecule has 2 saturated heterocycles. The number of rotatable bonds is 7. The summed E-state index contributed by atoms with van der Waals surface area (Å²) >= 11 is 0. The molecule has 4 N–H and O–H groups in total. The molecule has 0 bridgehead atoms. The van der Waals surface area contributed by atoms with Crippen molar-refractivity contribution in [2.24, 2.45) is 11.7 Å². The van der Waals surface area contributed by atoms with Crippen LogP contribution in [0.2, 0.25) is 0 Å². The van der Waals surface area contributed by atoms with E-state index >= 15 is 0 Å². The third-order valence-electron chi connectivity index (χ3n) is 7.79. The number of likely N-dealkylation sites (tertiary alicyclic amines) is 1. The van der Waals surface area contributed by atoms with E-state index in [1.807, 2.05) is 32.0 Å². The standard InChI is InChI=1S/C29H38N6O.CH5N/c1-6-24-26(16-20(3)35-15-12-19(2)27(35)18-36)28(32-33-29(24)34-13-7-8-14-34)31-22(5)25-11-9-10-23(17-30)21(25)4;1-2/h6,9-11,16,19,22,27,36H,3,7-8,12-15,18H2,1-2,4-5H3,(H,31,32);2H2,1H3/b24-6+,26-16+;/t19?,22-,27+;/m1./s1. The summed E-state index contributed by atoms with van der Waals surface area (Å²) in [5, 5.41) is 34.4. The van der Waals surface area contributed by atoms with E-state index in [2.05, 4.69) is 69.7 Å². The topological polar surface area (TPSA) is 114 Å². The Bertz CT molecular complexity index is 1280. The highest BCUT2D eigenvalue weighted by Crippen LogP contribution is 2.27. The van der Waals surface area contributed by atoms with Crippen LogP contribution in [0.25, 0.3) is 12.2 Å². The van der Waals surface area contributed by atoms with E-state index in [0.717, 1.165) is 72.0 Å². The largest absolute Gasteiger partial charge is 0.394 e. The van der Waals surface area contributed by atoms with Gasteiger partial charge in [0.25, 0.3) is 0 Å². The third kappa shape index (κ3) is 6.01. The van der Waals surface area contributed by atoms with Gasteiger partial charge in [0.05, 0.1) is 30.3 Å². The molecule has 8 heteroatoms. The summed E-state index contributed by atoms with van der Waals surface area (Å²) in [5.41, 5.74) is 8.08. The smallest absolute Gasteiger partial charge is 0.158 e. The van der Waals surface area contributed by atoms with Crippen molar-refractivity contribution in [3.63, 3.8) is 0 Å². The highest BCUT2D eigenvalue weighted by atomic mass is 16.3. The lowest BCUT2D eigenvalue weighted by Crippen LogP contribution is -2.39. The van der Waals surface area contributed by atoms with Crippen LogP contribution in [0.5, 0.6) is 0 Å². The maximum Gasteiger partial charge on any atom is 0.158 e. The van der Waals surface area contributed by atoms with Gasteiger partial charge in [-0.05, 0) is 76.3 Å². The lowest BCUT2D eigenvalue weighted by Gasteiger charge is -2.28. The zero-order valence-electron chi connectivity index (χ0n) is 23.5. The normalized spacial score (nSPS) is 20.7. The van der Waals surface area contributed by atoms with Crippen molar-refractivity contribution in [3.05, 3.63) is 57.6 Å². The van der Waals surface area contributed by atoms with E-state index in [4.69, 9.17) is 0 Å². The molecule has 1 aromatic heterocycles. The van der Waals surface area contributed by atoms with E-state index in [1.165, 1.54) is 7.05 Å². The van der Waals surface area contributed by atoms with E-state index in [-0.39, 0.29) is 18.7 Å². The number of anilines is 2. The highest BCUT2D eigenvalue weighted by Gasteiger charge is 2.30. The number of nitriles is 1. The molecule has 0 aliphatic carbocycles. The average molecular weight is 518 g/mol. The molecule has 8 nitrogen and oxygen atoms in total. The number of nitrogens with one attached hydrogen (secondary N) is 1. The second-order valence-corrected chi connectivity index (χ2v) is 10.0. The molecule has 38 heavy (non-hydrogen) atoms. The molecular weight excluding hydrogens is 474 g/mol. The Balaban J connectivity index is 0.00000195. The van der Waals surface area contributed by atoms with Crippen LogP contribution in [0, 0.1) is 24.2 Å². The zero-order chi connectivity index (χ0) is 27.8. The van der Waals surface area contributed by atoms with Crippen LogP contribution in [0.4, 0.5) is 11.6 Å². The van der Waals surface area contributed by atoms with Gasteiger partial charge in [0.2, 0.25) is 0 Å². The molecule has 1 aromatic carbocycles. The predicted molar refractivity (Wildman–Crippen MR) is 156 cm³/mol. The van der Waals surface area contributed by atoms with Gasteiger partial charge in [-0.1, -0.05) is 31.7 Å². The minimum absolute atomic E-state index is 0.0716. The Morgan fingerprint density at radius 1 is 1.26 bits per heavy atom. The Hall–Kier alpha value is -3.41. The number of nitrogens with two attached hydrogens (primary N) is 1. The number of benzene rings is 1. The molecule has 4 rings (SSSR count). The third-order valence-corrected chi connectivity index (χ3v) is 7.79. The maximum absolute atomic E-state index is 10.0. The number of allylic oxidation sites excluding steroid dienone is 1. The molecular formula is C30H43N7O. The van der Waals surface area contributed by atoms with Gasteiger partial charge in [0, 0.05) is 35.8 Å². The summed E-state index contributed by atoms with van der Waals surface area (Å²) in [6.07, 6.45) is 7.56. The van der Waals surface area contributed by atoms with Gasteiger partial charge in [-0.2, -0.15) is 5.26 Å². The molecule has 204 valence electrons. The molecule has 0 saturated carbocycles. The summed E-state index contributed by atoms with van der Waals surface area (Å²) in [5.74, 6) is 2.01. The monoisotopic (exact) mass is 517 g/mol. The molecule has 0 radical (unpaired) electrons. The summed E-state index contributed by atoms with van der Waals surface area (Å²) in [4.78, 5) is 4.53. The Morgan fingerprint density at radius 3 is 2.61 bits per heavy atom. The van der Waals surface area contributed by atoms with Crippen molar-refractivity contribution in [1.29, 1.82) is 5.26 Å². The molecule has 1 unspecified atom stereocenters. The van der Waals surface area contributed by atoms with E-state index in [9.17, 15) is 10.4 Å². The molecule has 0 amide bonds. The number of hydrogen-bond donors (Lipinski definition) is 3. The van der Waals surface area contributed by atoms with Gasteiger partial charge >= 0.3 is 0 Å². The first-order chi connectivity index (χ1) is 18.4. The van der Waals surface area contributed by atoms with Crippen molar-refractivity contribution in [2.45, 2.75) is 59.0 Å². The van der Waals surface area contributed by atoms with E-state index in [0.29, 0.717) is 17.3 Å². The minimum Gasteiger partial charge on any atom is -0.394 e. The van der Waals surface area contributed by atoms with E-state index < -0.39 is 0 Å². The van der Waals surface area contributed by atoms with Crippen molar-refractivity contribution in [1.82, 2.24) is 15.1 Å². The quantitative estimate of drug-likeness (QED) is 0.514. The molecule has 2 aliphatic rings. The highest BCUT2D eigenvalue weighted by molar-refractivity contribution is 5.59. The Labute approximate surface area is 227 Å². The van der Waals surface area contributed by atoms with Crippen molar-refractivity contribution in [3.8, 4) is 6.07 Å². The second-order valence-electron chi connectivity index (χ2n) is 10.0. The van der Waals surface area contributed by atoms with Crippen LogP contribution in [-0.2, 0) is 0 Å². The average Bonchev–Trinajstić information content (AvgIpc) is 3.60. The molecule has 2 aromatic rings. The van der Waals surface area contributed by atoms with Gasteiger partial charge in [-0.15, -0.1) is 10.2 Å². The van der Waals surface area contributed by atoms with Gasteiger partial charge in [-0.25, -0.2) is 0 Å². The summed E-state index contributed by atoms with van der Waals surface area (Å²) in [7, 11) is 1.50. The van der Waals surface area contributed by atoms with E-state index in [1.54, 1.807) is 0 Å². The number of aliphatic hydroxyl groups is 1. The van der Waals surface area contributed by atoms with Gasteiger partial charge in [0.1, 0.15) is 0 Å². The Morgan fingerprint density at radius 2 is 1.97 bits per heavy atom. The number of nitrogens with zero attached hydrogens (tertiary/aromatic N) is 5. The van der Waals surface area contributed by atoms with Crippen molar-refractivity contribution < 1.29 is 5.11 Å². The molecule has 2 aliphatic heterocycles. The number of hydrogen-bond acceptors (Lipinski definition) is 8. The first-order valence-electron chi connectivity index (χ1n) is 13.6. The van der Waals surface area contributed by atoms with Crippen LogP contribution < -0.4 is 26.4 Å². The van der Waals surface area contributed by atoms with Crippen LogP contribution in [0.3, 0.4) is 0 Å². The lowest BCUT2D eigenvalue weighted by molar-refractivity contribution is 0.169. The minimum atomic E-state index is -0.0765. The predicted octanol–water partition coefficient (Wildman–Crippen LogP) is 2.80. The summed E-state index contributed by atoms with van der Waals surface area (Å²) < 4.78 is 0.